The molecule has 1 N–H and O–H groups in total. The van der Waals surface area contributed by atoms with Crippen molar-refractivity contribution in [2.45, 2.75) is 26.3 Å². The summed E-state index contributed by atoms with van der Waals surface area (Å²) in [6, 6.07) is 18.6. The van der Waals surface area contributed by atoms with Crippen LogP contribution in [-0.4, -0.2) is 44.4 Å². The summed E-state index contributed by atoms with van der Waals surface area (Å²) in [7, 11) is 0. The molecule has 0 fully saturated rings. The molecule has 7 nitrogen and oxygen atoms in total. The summed E-state index contributed by atoms with van der Waals surface area (Å²) in [6.45, 7) is 2.99. The minimum Gasteiger partial charge on any atom is -0.352 e. The number of tetrazole rings is 1. The molecule has 2 heterocycles. The summed E-state index contributed by atoms with van der Waals surface area (Å²) in [4.78, 5) is 18.1. The molecule has 2 aromatic heterocycles. The molecule has 0 radical (unpaired) electrons. The third-order valence-electron chi connectivity index (χ3n) is 5.20. The second-order valence-electron chi connectivity index (χ2n) is 7.44. The quantitative estimate of drug-likeness (QED) is 0.370. The number of aromatic nitrogens is 5. The summed E-state index contributed by atoms with van der Waals surface area (Å²) < 4.78 is 26.2. The number of Topliss-reactive ketones (excluding diaryl/α,β-unsaturated/α-hetero) is 1. The Hall–Kier alpha value is -4.01. The van der Waals surface area contributed by atoms with Gasteiger partial charge in [0, 0.05) is 24.8 Å². The first-order valence-corrected chi connectivity index (χ1v) is 10.5. The third kappa shape index (κ3) is 4.92. The number of anilines is 1. The van der Waals surface area contributed by atoms with Gasteiger partial charge in [0.15, 0.2) is 0 Å². The molecule has 0 aliphatic rings. The Balaban J connectivity index is 1.61. The van der Waals surface area contributed by atoms with Gasteiger partial charge in [0.2, 0.25) is 11.6 Å². The number of nitrogens with one attached hydrogen (secondary N) is 1. The normalized spacial score (nSPS) is 11.0. The van der Waals surface area contributed by atoms with Crippen molar-refractivity contribution in [3.8, 4) is 22.5 Å². The summed E-state index contributed by atoms with van der Waals surface area (Å²) in [6.07, 6.45) is -0.789. The zero-order chi connectivity index (χ0) is 23.2. The lowest BCUT2D eigenvalue weighted by atomic mass is 9.98. The Morgan fingerprint density at radius 2 is 1.79 bits per heavy atom. The molecule has 0 amide bonds. The van der Waals surface area contributed by atoms with E-state index in [-0.39, 0.29) is 11.4 Å². The van der Waals surface area contributed by atoms with Crippen LogP contribution in [0.3, 0.4) is 0 Å². The van der Waals surface area contributed by atoms with E-state index in [2.05, 4.69) is 25.6 Å². The molecule has 0 saturated carbocycles. The molecule has 0 atom stereocenters. The van der Waals surface area contributed by atoms with Gasteiger partial charge in [0.1, 0.15) is 5.82 Å². The number of rotatable bonds is 9. The van der Waals surface area contributed by atoms with Crippen molar-refractivity contribution in [3.05, 3.63) is 78.0 Å². The summed E-state index contributed by atoms with van der Waals surface area (Å²) >= 11 is 0. The van der Waals surface area contributed by atoms with Gasteiger partial charge in [-0.05, 0) is 40.5 Å². The van der Waals surface area contributed by atoms with Crippen molar-refractivity contribution in [2.75, 3.05) is 11.4 Å². The van der Waals surface area contributed by atoms with E-state index < -0.39 is 12.2 Å². The van der Waals surface area contributed by atoms with E-state index in [1.165, 1.54) is 18.3 Å². The van der Waals surface area contributed by atoms with Crippen LogP contribution in [0.25, 0.3) is 22.5 Å². The zero-order valence-corrected chi connectivity index (χ0v) is 17.9. The number of nitrogens with zero attached hydrogens (tertiary/aromatic N) is 5. The van der Waals surface area contributed by atoms with Crippen LogP contribution in [0.1, 0.15) is 29.3 Å². The molecular formula is C24H22F2N6O. The SMILES string of the molecule is CCCN(Cc1ccc(-c2ccccc2-c2nn[nH]n2)cc1)c1ncccc1C(=O)C(F)F. The van der Waals surface area contributed by atoms with Crippen molar-refractivity contribution in [3.63, 3.8) is 0 Å². The minimum absolute atomic E-state index is 0.0633. The highest BCUT2D eigenvalue weighted by atomic mass is 19.3. The summed E-state index contributed by atoms with van der Waals surface area (Å²) in [5, 5.41) is 14.3. The van der Waals surface area contributed by atoms with E-state index in [9.17, 15) is 13.6 Å². The van der Waals surface area contributed by atoms with E-state index in [1.807, 2.05) is 60.4 Å². The second kappa shape index (κ2) is 10.1. The average molecular weight is 448 g/mol. The van der Waals surface area contributed by atoms with Gasteiger partial charge in [-0.3, -0.25) is 4.79 Å². The molecule has 4 rings (SSSR count). The monoisotopic (exact) mass is 448 g/mol. The third-order valence-corrected chi connectivity index (χ3v) is 5.20. The second-order valence-corrected chi connectivity index (χ2v) is 7.44. The predicted octanol–water partition coefficient (Wildman–Crippen LogP) is 4.79. The molecule has 33 heavy (non-hydrogen) atoms. The maximum absolute atomic E-state index is 13.1. The number of carbonyl (C=O) groups is 1. The molecule has 2 aromatic carbocycles. The number of halogens is 2. The van der Waals surface area contributed by atoms with E-state index in [1.54, 1.807) is 0 Å². The number of hydrogen-bond donors (Lipinski definition) is 1. The smallest absolute Gasteiger partial charge is 0.300 e. The molecular weight excluding hydrogens is 426 g/mol. The molecule has 0 bridgehead atoms. The van der Waals surface area contributed by atoms with E-state index in [0.29, 0.717) is 18.9 Å². The Morgan fingerprint density at radius 1 is 1.03 bits per heavy atom. The maximum atomic E-state index is 13.1. The first kappa shape index (κ1) is 22.2. The zero-order valence-electron chi connectivity index (χ0n) is 17.9. The van der Waals surface area contributed by atoms with Crippen molar-refractivity contribution in [1.82, 2.24) is 25.6 Å². The lowest BCUT2D eigenvalue weighted by Crippen LogP contribution is -2.27. The van der Waals surface area contributed by atoms with Crippen LogP contribution >= 0.6 is 0 Å². The van der Waals surface area contributed by atoms with Gasteiger partial charge in [-0.15, -0.1) is 10.2 Å². The van der Waals surface area contributed by atoms with Crippen LogP contribution in [0, 0.1) is 0 Å². The van der Waals surface area contributed by atoms with Gasteiger partial charge in [-0.2, -0.15) is 5.21 Å². The molecule has 0 aliphatic carbocycles. The Morgan fingerprint density at radius 3 is 2.45 bits per heavy atom. The van der Waals surface area contributed by atoms with Crippen molar-refractivity contribution >= 4 is 11.6 Å². The number of pyridine rings is 1. The fraction of sp³-hybridized carbons (Fsp3) is 0.208. The van der Waals surface area contributed by atoms with Gasteiger partial charge in [0.05, 0.1) is 5.56 Å². The highest BCUT2D eigenvalue weighted by Crippen LogP contribution is 2.30. The first-order valence-electron chi connectivity index (χ1n) is 10.5. The average Bonchev–Trinajstić information content (AvgIpc) is 3.39. The predicted molar refractivity (Wildman–Crippen MR) is 121 cm³/mol. The topological polar surface area (TPSA) is 87.7 Å². The number of aromatic amines is 1. The number of carbonyl (C=O) groups excluding carboxylic acids is 1. The lowest BCUT2D eigenvalue weighted by Gasteiger charge is -2.25. The van der Waals surface area contributed by atoms with Crippen LogP contribution < -0.4 is 4.90 Å². The van der Waals surface area contributed by atoms with Crippen LogP contribution in [0.5, 0.6) is 0 Å². The Labute approximate surface area is 189 Å². The molecule has 0 saturated heterocycles. The van der Waals surface area contributed by atoms with Crippen LogP contribution in [0.2, 0.25) is 0 Å². The van der Waals surface area contributed by atoms with E-state index in [4.69, 9.17) is 0 Å². The van der Waals surface area contributed by atoms with Crippen LogP contribution in [-0.2, 0) is 6.54 Å². The molecule has 9 heteroatoms. The molecule has 168 valence electrons. The molecule has 4 aromatic rings. The molecule has 0 aliphatic heterocycles. The Kier molecular flexibility index (Phi) is 6.77. The standard InChI is InChI=1S/C24H22F2N6O/c1-2-14-32(24-20(8-5-13-27-24)21(33)22(25)26)15-16-9-11-17(12-10-16)18-6-3-4-7-19(18)23-28-30-31-29-23/h3-13,22H,2,14-15H2,1H3,(H,28,29,30,31). The van der Waals surface area contributed by atoms with Gasteiger partial charge in [0.25, 0.3) is 0 Å². The van der Waals surface area contributed by atoms with Crippen LogP contribution in [0.4, 0.5) is 14.6 Å². The van der Waals surface area contributed by atoms with E-state index >= 15 is 0 Å². The summed E-state index contributed by atoms with van der Waals surface area (Å²) in [5.41, 5.74) is 3.70. The Bertz CT molecular complexity index is 1210. The van der Waals surface area contributed by atoms with Crippen molar-refractivity contribution in [2.24, 2.45) is 0 Å². The van der Waals surface area contributed by atoms with Gasteiger partial charge < -0.3 is 4.90 Å². The fourth-order valence-electron chi connectivity index (χ4n) is 3.70. The van der Waals surface area contributed by atoms with Crippen LogP contribution in [0.15, 0.2) is 66.9 Å². The van der Waals surface area contributed by atoms with Gasteiger partial charge >= 0.3 is 6.43 Å². The molecule has 0 unspecified atom stereocenters. The first-order chi connectivity index (χ1) is 16.1. The van der Waals surface area contributed by atoms with Crippen molar-refractivity contribution in [1.29, 1.82) is 0 Å². The number of alkyl halides is 2. The number of benzene rings is 2. The van der Waals surface area contributed by atoms with E-state index in [0.717, 1.165) is 28.7 Å². The lowest BCUT2D eigenvalue weighted by molar-refractivity contribution is 0.0679. The highest BCUT2D eigenvalue weighted by molar-refractivity contribution is 6.02. The fourth-order valence-corrected chi connectivity index (χ4v) is 3.70. The number of H-pyrrole nitrogens is 1. The number of hydrogen-bond acceptors (Lipinski definition) is 6. The van der Waals surface area contributed by atoms with Crippen molar-refractivity contribution < 1.29 is 13.6 Å². The molecule has 0 spiro atoms. The highest BCUT2D eigenvalue weighted by Gasteiger charge is 2.24. The largest absolute Gasteiger partial charge is 0.352 e. The van der Waals surface area contributed by atoms with Gasteiger partial charge in [-0.1, -0.05) is 55.5 Å². The van der Waals surface area contributed by atoms with Gasteiger partial charge in [-0.25, -0.2) is 13.8 Å². The summed E-state index contributed by atoms with van der Waals surface area (Å²) in [5.74, 6) is -0.432. The number of ketones is 1. The maximum Gasteiger partial charge on any atom is 0.300 e. The minimum atomic E-state index is -3.07.